The first-order valence-corrected chi connectivity index (χ1v) is 6.73. The maximum absolute atomic E-state index is 8.95. The molecular weight excluding hydrogens is 238 g/mol. The van der Waals surface area contributed by atoms with E-state index in [9.17, 15) is 0 Å². The van der Waals surface area contributed by atoms with Gasteiger partial charge in [-0.25, -0.2) is 0 Å². The quantitative estimate of drug-likeness (QED) is 0.891. The van der Waals surface area contributed by atoms with Crippen LogP contribution < -0.4 is 5.32 Å². The third-order valence-corrected chi connectivity index (χ3v) is 3.66. The van der Waals surface area contributed by atoms with E-state index in [1.807, 2.05) is 18.2 Å². The molecule has 0 amide bonds. The van der Waals surface area contributed by atoms with E-state index in [4.69, 9.17) is 10.00 Å². The van der Waals surface area contributed by atoms with Crippen molar-refractivity contribution in [2.24, 2.45) is 0 Å². The number of nitriles is 1. The monoisotopic (exact) mass is 259 g/mol. The summed E-state index contributed by atoms with van der Waals surface area (Å²) in [7, 11) is 2.10. The number of rotatable bonds is 4. The van der Waals surface area contributed by atoms with Crippen molar-refractivity contribution in [3.63, 3.8) is 0 Å². The van der Waals surface area contributed by atoms with Crippen molar-refractivity contribution in [3.05, 3.63) is 35.4 Å². The van der Waals surface area contributed by atoms with Crippen molar-refractivity contribution >= 4 is 0 Å². The second-order valence-corrected chi connectivity index (χ2v) is 5.05. The minimum Gasteiger partial charge on any atom is -0.374 e. The molecule has 102 valence electrons. The van der Waals surface area contributed by atoms with Gasteiger partial charge in [0.15, 0.2) is 0 Å². The van der Waals surface area contributed by atoms with Gasteiger partial charge in [0.05, 0.1) is 24.3 Å². The number of hydrogen-bond acceptors (Lipinski definition) is 4. The second kappa shape index (κ2) is 6.67. The van der Waals surface area contributed by atoms with Crippen LogP contribution in [0.25, 0.3) is 0 Å². The number of ether oxygens (including phenoxy) is 1. The molecule has 19 heavy (non-hydrogen) atoms. The minimum atomic E-state index is 0.250. The highest BCUT2D eigenvalue weighted by atomic mass is 16.5. The van der Waals surface area contributed by atoms with Crippen molar-refractivity contribution in [1.29, 1.82) is 5.26 Å². The molecule has 2 rings (SSSR count). The number of benzene rings is 1. The molecule has 0 aromatic heterocycles. The maximum Gasteiger partial charge on any atom is 0.0991 e. The van der Waals surface area contributed by atoms with Gasteiger partial charge in [-0.2, -0.15) is 5.26 Å². The zero-order valence-corrected chi connectivity index (χ0v) is 11.6. The Morgan fingerprint density at radius 1 is 1.58 bits per heavy atom. The first-order chi connectivity index (χ1) is 9.20. The Morgan fingerprint density at radius 2 is 2.42 bits per heavy atom. The van der Waals surface area contributed by atoms with E-state index < -0.39 is 0 Å². The molecule has 0 spiro atoms. The van der Waals surface area contributed by atoms with E-state index in [2.05, 4.69) is 36.3 Å². The average Bonchev–Trinajstić information content (AvgIpc) is 2.47. The minimum absolute atomic E-state index is 0.250. The lowest BCUT2D eigenvalue weighted by molar-refractivity contribution is 0.00393. The molecule has 1 saturated heterocycles. The molecule has 4 nitrogen and oxygen atoms in total. The van der Waals surface area contributed by atoms with Crippen molar-refractivity contribution in [1.82, 2.24) is 10.2 Å². The molecule has 0 bridgehead atoms. The van der Waals surface area contributed by atoms with Crippen LogP contribution >= 0.6 is 0 Å². The van der Waals surface area contributed by atoms with Gasteiger partial charge in [-0.15, -0.1) is 0 Å². The molecule has 1 aliphatic heterocycles. The van der Waals surface area contributed by atoms with Gasteiger partial charge in [0.1, 0.15) is 0 Å². The number of morpholine rings is 1. The van der Waals surface area contributed by atoms with Gasteiger partial charge in [-0.3, -0.25) is 4.90 Å². The van der Waals surface area contributed by atoms with Crippen molar-refractivity contribution in [2.75, 3.05) is 33.3 Å². The van der Waals surface area contributed by atoms with Crippen LogP contribution in [0.3, 0.4) is 0 Å². The SMILES string of the molecule is CC(c1cccc(C#N)c1)N(C)CC1CNCCO1. The fraction of sp³-hybridized carbons (Fsp3) is 0.533. The molecule has 2 atom stereocenters. The summed E-state index contributed by atoms with van der Waals surface area (Å²) in [5, 5.41) is 12.3. The number of hydrogen-bond donors (Lipinski definition) is 1. The average molecular weight is 259 g/mol. The Hall–Kier alpha value is -1.41. The summed E-state index contributed by atoms with van der Waals surface area (Å²) >= 11 is 0. The molecule has 4 heteroatoms. The fourth-order valence-electron chi connectivity index (χ4n) is 2.34. The topological polar surface area (TPSA) is 48.3 Å². The molecule has 1 aromatic carbocycles. The lowest BCUT2D eigenvalue weighted by atomic mass is 10.0. The molecule has 2 unspecified atom stereocenters. The van der Waals surface area contributed by atoms with E-state index in [-0.39, 0.29) is 12.1 Å². The highest BCUT2D eigenvalue weighted by Gasteiger charge is 2.19. The van der Waals surface area contributed by atoms with Crippen LogP contribution in [0.15, 0.2) is 24.3 Å². The van der Waals surface area contributed by atoms with Crippen molar-refractivity contribution in [2.45, 2.75) is 19.1 Å². The summed E-state index contributed by atoms with van der Waals surface area (Å²) in [4.78, 5) is 2.27. The Bertz CT molecular complexity index is 449. The van der Waals surface area contributed by atoms with Crippen molar-refractivity contribution < 1.29 is 4.74 Å². The molecule has 0 radical (unpaired) electrons. The number of nitrogens with zero attached hydrogens (tertiary/aromatic N) is 2. The summed E-state index contributed by atoms with van der Waals surface area (Å²) in [5.74, 6) is 0. The predicted molar refractivity (Wildman–Crippen MR) is 74.8 cm³/mol. The predicted octanol–water partition coefficient (Wildman–Crippen LogP) is 1.54. The van der Waals surface area contributed by atoms with Gasteiger partial charge in [0, 0.05) is 25.7 Å². The van der Waals surface area contributed by atoms with Crippen LogP contribution in [0, 0.1) is 11.3 Å². The first-order valence-electron chi connectivity index (χ1n) is 6.73. The summed E-state index contributed by atoms with van der Waals surface area (Å²) in [6.07, 6.45) is 0.250. The maximum atomic E-state index is 8.95. The Balaban J connectivity index is 1.97. The smallest absolute Gasteiger partial charge is 0.0991 e. The van der Waals surface area contributed by atoms with E-state index >= 15 is 0 Å². The fourth-order valence-corrected chi connectivity index (χ4v) is 2.34. The molecule has 1 N–H and O–H groups in total. The summed E-state index contributed by atoms with van der Waals surface area (Å²) in [6.45, 7) is 5.70. The molecular formula is C15H21N3O. The summed E-state index contributed by atoms with van der Waals surface area (Å²) in [5.41, 5.74) is 1.89. The second-order valence-electron chi connectivity index (χ2n) is 5.05. The zero-order valence-electron chi connectivity index (χ0n) is 11.6. The first kappa shape index (κ1) is 14.0. The number of likely N-dealkylation sites (N-methyl/N-ethyl adjacent to an activating group) is 1. The van der Waals surface area contributed by atoms with Crippen LogP contribution in [0.4, 0.5) is 0 Å². The lowest BCUT2D eigenvalue weighted by Crippen LogP contribution is -2.44. The molecule has 1 heterocycles. The third kappa shape index (κ3) is 3.77. The highest BCUT2D eigenvalue weighted by molar-refractivity contribution is 5.34. The van der Waals surface area contributed by atoms with Crippen LogP contribution in [0.2, 0.25) is 0 Å². The molecule has 0 aliphatic carbocycles. The molecule has 0 saturated carbocycles. The lowest BCUT2D eigenvalue weighted by Gasteiger charge is -2.31. The molecule has 1 fully saturated rings. The van der Waals surface area contributed by atoms with Crippen molar-refractivity contribution in [3.8, 4) is 6.07 Å². The van der Waals surface area contributed by atoms with Gasteiger partial charge in [0.25, 0.3) is 0 Å². The Labute approximate surface area is 115 Å². The van der Waals surface area contributed by atoms with Gasteiger partial charge >= 0.3 is 0 Å². The molecule has 1 aliphatic rings. The highest BCUT2D eigenvalue weighted by Crippen LogP contribution is 2.20. The van der Waals surface area contributed by atoms with Crippen LogP contribution in [-0.4, -0.2) is 44.3 Å². The zero-order chi connectivity index (χ0) is 13.7. The van der Waals surface area contributed by atoms with Gasteiger partial charge < -0.3 is 10.1 Å². The normalized spacial score (nSPS) is 21.1. The largest absolute Gasteiger partial charge is 0.374 e. The van der Waals surface area contributed by atoms with E-state index in [0.29, 0.717) is 5.56 Å². The van der Waals surface area contributed by atoms with E-state index in [1.54, 1.807) is 0 Å². The Morgan fingerprint density at radius 3 is 3.11 bits per heavy atom. The van der Waals surface area contributed by atoms with Crippen LogP contribution in [0.5, 0.6) is 0 Å². The molecule has 1 aromatic rings. The summed E-state index contributed by atoms with van der Waals surface area (Å²) < 4.78 is 5.72. The number of nitrogens with one attached hydrogen (secondary N) is 1. The van der Waals surface area contributed by atoms with Gasteiger partial charge in [-0.05, 0) is 31.7 Å². The van der Waals surface area contributed by atoms with E-state index in [1.165, 1.54) is 5.56 Å². The summed E-state index contributed by atoms with van der Waals surface area (Å²) in [6, 6.07) is 10.3. The third-order valence-electron chi connectivity index (χ3n) is 3.66. The van der Waals surface area contributed by atoms with Crippen LogP contribution in [-0.2, 0) is 4.74 Å². The van der Waals surface area contributed by atoms with Gasteiger partial charge in [-0.1, -0.05) is 12.1 Å². The van der Waals surface area contributed by atoms with Crippen LogP contribution in [0.1, 0.15) is 24.1 Å². The standard InChI is InChI=1S/C15H21N3O/c1-12(14-5-3-4-13(8-14)9-16)18(2)11-15-10-17-6-7-19-15/h3-5,8,12,15,17H,6-7,10-11H2,1-2H3. The Kier molecular flexibility index (Phi) is 4.92. The van der Waals surface area contributed by atoms with E-state index in [0.717, 1.165) is 26.2 Å². The van der Waals surface area contributed by atoms with Gasteiger partial charge in [0.2, 0.25) is 0 Å².